The fourth-order valence-corrected chi connectivity index (χ4v) is 1.53. The van der Waals surface area contributed by atoms with Crippen LogP contribution in [0.3, 0.4) is 0 Å². The van der Waals surface area contributed by atoms with Crippen LogP contribution in [-0.4, -0.2) is 55.9 Å². The number of aliphatic hydroxyl groups excluding tert-OH is 4. The first-order chi connectivity index (χ1) is 9.34. The maximum Gasteiger partial charge on any atom is 0.323 e. The van der Waals surface area contributed by atoms with E-state index in [9.17, 15) is 25.2 Å². The van der Waals surface area contributed by atoms with Crippen molar-refractivity contribution in [3.05, 3.63) is 41.7 Å². The summed E-state index contributed by atoms with van der Waals surface area (Å²) < 4.78 is 0. The van der Waals surface area contributed by atoms with Crippen LogP contribution < -0.4 is 5.73 Å². The molecule has 110 valence electrons. The zero-order chi connectivity index (χ0) is 15.3. The molecular weight excluding hydrogens is 266 g/mol. The zero-order valence-electron chi connectivity index (χ0n) is 10.5. The van der Waals surface area contributed by atoms with Crippen molar-refractivity contribution in [1.29, 1.82) is 0 Å². The number of hydrogen-bond donors (Lipinski definition) is 6. The highest BCUT2D eigenvalue weighted by molar-refractivity contribution is 5.74. The minimum absolute atomic E-state index is 0.563. The molecule has 1 unspecified atom stereocenters. The monoisotopic (exact) mass is 283 g/mol. The Morgan fingerprint density at radius 2 is 1.60 bits per heavy atom. The predicted molar refractivity (Wildman–Crippen MR) is 70.7 cm³/mol. The molecule has 20 heavy (non-hydrogen) atoms. The molecule has 1 aromatic carbocycles. The molecular formula is C13H17NO6. The number of aliphatic carboxylic acids is 1. The van der Waals surface area contributed by atoms with Crippen LogP contribution >= 0.6 is 0 Å². The summed E-state index contributed by atoms with van der Waals surface area (Å²) in [5.74, 6) is -2.14. The van der Waals surface area contributed by atoms with Gasteiger partial charge in [-0.3, -0.25) is 4.79 Å². The molecule has 7 nitrogen and oxygen atoms in total. The number of carboxylic acids is 1. The van der Waals surface area contributed by atoms with Crippen molar-refractivity contribution < 1.29 is 30.3 Å². The number of rotatable bonds is 6. The fourth-order valence-electron chi connectivity index (χ4n) is 1.53. The maximum absolute atomic E-state index is 10.6. The van der Waals surface area contributed by atoms with Gasteiger partial charge in [0.2, 0.25) is 0 Å². The Morgan fingerprint density at radius 1 is 1.05 bits per heavy atom. The van der Waals surface area contributed by atoms with Gasteiger partial charge in [0.05, 0.1) is 0 Å². The smallest absolute Gasteiger partial charge is 0.323 e. The lowest BCUT2D eigenvalue weighted by Crippen LogP contribution is -2.52. The van der Waals surface area contributed by atoms with Crippen LogP contribution in [0.4, 0.5) is 0 Å². The number of benzene rings is 1. The Labute approximate surface area is 115 Å². The lowest BCUT2D eigenvalue weighted by Gasteiger charge is -2.24. The summed E-state index contributed by atoms with van der Waals surface area (Å²) in [7, 11) is 0. The quantitative estimate of drug-likeness (QED) is 0.370. The summed E-state index contributed by atoms with van der Waals surface area (Å²) in [4.78, 5) is 10.6. The second-order valence-corrected chi connectivity index (χ2v) is 4.27. The molecule has 0 radical (unpaired) electrons. The van der Waals surface area contributed by atoms with Gasteiger partial charge in [-0.05, 0) is 11.6 Å². The lowest BCUT2D eigenvalue weighted by molar-refractivity contribution is -0.145. The molecule has 1 rings (SSSR count). The van der Waals surface area contributed by atoms with E-state index in [2.05, 4.69) is 0 Å². The fraction of sp³-hybridized carbons (Fsp3) is 0.308. The molecule has 0 fully saturated rings. The summed E-state index contributed by atoms with van der Waals surface area (Å²) in [6.07, 6.45) is -4.52. The molecule has 0 bridgehead atoms. The van der Waals surface area contributed by atoms with E-state index in [0.717, 1.165) is 0 Å². The number of carbonyl (C=O) groups is 1. The molecule has 0 aliphatic rings. The van der Waals surface area contributed by atoms with Crippen LogP contribution in [0, 0.1) is 0 Å². The number of aliphatic hydroxyl groups is 4. The molecule has 0 aliphatic heterocycles. The highest BCUT2D eigenvalue weighted by atomic mass is 16.4. The van der Waals surface area contributed by atoms with Crippen LogP contribution in [0.2, 0.25) is 0 Å². The Bertz CT molecular complexity index is 475. The summed E-state index contributed by atoms with van der Waals surface area (Å²) in [5.41, 5.74) is 5.69. The first-order valence-electron chi connectivity index (χ1n) is 5.82. The summed E-state index contributed by atoms with van der Waals surface area (Å²) in [6.45, 7) is 0. The van der Waals surface area contributed by atoms with Crippen molar-refractivity contribution in [3.8, 4) is 0 Å². The van der Waals surface area contributed by atoms with Gasteiger partial charge in [-0.2, -0.15) is 0 Å². The standard InChI is InChI=1S/C13H17NO6/c14-9(13(19)20)11(17)12(18)10(16)8(15)6-7-4-2-1-3-5-7/h1-6,9-12,15-18H,14H2,(H,19,20)/b8-6+/t9-,10?,11-,12-/m1/s1. The molecule has 0 aliphatic carbocycles. The third-order valence-electron chi connectivity index (χ3n) is 2.74. The lowest BCUT2D eigenvalue weighted by atomic mass is 9.99. The highest BCUT2D eigenvalue weighted by Gasteiger charge is 2.34. The van der Waals surface area contributed by atoms with Gasteiger partial charge in [-0.15, -0.1) is 0 Å². The molecule has 0 aromatic heterocycles. The van der Waals surface area contributed by atoms with E-state index in [1.165, 1.54) is 6.08 Å². The zero-order valence-corrected chi connectivity index (χ0v) is 10.5. The van der Waals surface area contributed by atoms with Crippen molar-refractivity contribution >= 4 is 12.0 Å². The minimum Gasteiger partial charge on any atom is -0.509 e. The van der Waals surface area contributed by atoms with E-state index in [0.29, 0.717) is 5.56 Å². The first kappa shape index (κ1) is 16.1. The largest absolute Gasteiger partial charge is 0.509 e. The van der Waals surface area contributed by atoms with Crippen molar-refractivity contribution in [2.24, 2.45) is 5.73 Å². The molecule has 1 aromatic rings. The van der Waals surface area contributed by atoms with Crippen molar-refractivity contribution in [2.45, 2.75) is 24.4 Å². The Kier molecular flexibility index (Phi) is 5.66. The van der Waals surface area contributed by atoms with E-state index in [1.807, 2.05) is 0 Å². The van der Waals surface area contributed by atoms with E-state index >= 15 is 0 Å². The molecule has 0 spiro atoms. The van der Waals surface area contributed by atoms with Gasteiger partial charge in [-0.1, -0.05) is 30.3 Å². The van der Waals surface area contributed by atoms with Gasteiger partial charge < -0.3 is 31.3 Å². The third-order valence-corrected chi connectivity index (χ3v) is 2.74. The third kappa shape index (κ3) is 4.04. The van der Waals surface area contributed by atoms with Crippen molar-refractivity contribution in [3.63, 3.8) is 0 Å². The molecule has 0 amide bonds. The van der Waals surface area contributed by atoms with Gasteiger partial charge >= 0.3 is 5.97 Å². The van der Waals surface area contributed by atoms with Gasteiger partial charge in [-0.25, -0.2) is 0 Å². The Balaban J connectivity index is 2.80. The molecule has 0 saturated carbocycles. The summed E-state index contributed by atoms with van der Waals surface area (Å²) in [5, 5.41) is 47.0. The molecule has 7 N–H and O–H groups in total. The molecule has 7 heteroatoms. The first-order valence-corrected chi connectivity index (χ1v) is 5.82. The highest BCUT2D eigenvalue weighted by Crippen LogP contribution is 2.13. The minimum atomic E-state index is -1.93. The van der Waals surface area contributed by atoms with Crippen LogP contribution in [-0.2, 0) is 4.79 Å². The average molecular weight is 283 g/mol. The summed E-state index contributed by atoms with van der Waals surface area (Å²) >= 11 is 0. The molecule has 4 atom stereocenters. The van der Waals surface area contributed by atoms with Gasteiger partial charge in [0, 0.05) is 0 Å². The van der Waals surface area contributed by atoms with Gasteiger partial charge in [0.25, 0.3) is 0 Å². The van der Waals surface area contributed by atoms with Gasteiger partial charge in [0.1, 0.15) is 30.1 Å². The Hall–Kier alpha value is -1.93. The topological polar surface area (TPSA) is 144 Å². The normalized spacial score (nSPS) is 18.1. The van der Waals surface area contributed by atoms with E-state index < -0.39 is 36.1 Å². The van der Waals surface area contributed by atoms with E-state index in [1.54, 1.807) is 30.3 Å². The van der Waals surface area contributed by atoms with E-state index in [-0.39, 0.29) is 0 Å². The number of hydrogen-bond acceptors (Lipinski definition) is 6. The molecule has 0 heterocycles. The average Bonchev–Trinajstić information content (AvgIpc) is 2.44. The van der Waals surface area contributed by atoms with Gasteiger partial charge in [0.15, 0.2) is 0 Å². The predicted octanol–water partition coefficient (Wildman–Crippen LogP) is -0.920. The molecule has 0 saturated heterocycles. The van der Waals surface area contributed by atoms with E-state index in [4.69, 9.17) is 10.8 Å². The van der Waals surface area contributed by atoms with Crippen LogP contribution in [0.1, 0.15) is 5.56 Å². The number of nitrogens with two attached hydrogens (primary N) is 1. The van der Waals surface area contributed by atoms with Crippen LogP contribution in [0.25, 0.3) is 6.08 Å². The SMILES string of the molecule is N[C@@H](C(=O)O)[C@@H](O)[C@H](O)C(O)/C(O)=C\c1ccccc1. The van der Waals surface area contributed by atoms with Crippen molar-refractivity contribution in [1.82, 2.24) is 0 Å². The van der Waals surface area contributed by atoms with Crippen LogP contribution in [0.5, 0.6) is 0 Å². The maximum atomic E-state index is 10.6. The second-order valence-electron chi connectivity index (χ2n) is 4.27. The van der Waals surface area contributed by atoms with Crippen molar-refractivity contribution in [2.75, 3.05) is 0 Å². The summed E-state index contributed by atoms with van der Waals surface area (Å²) in [6, 6.07) is 6.69. The number of carboxylic acid groups (broad SMARTS) is 1. The Morgan fingerprint density at radius 3 is 2.10 bits per heavy atom. The second kappa shape index (κ2) is 7.01. The van der Waals surface area contributed by atoms with Crippen LogP contribution in [0.15, 0.2) is 36.1 Å².